The number of hydrogen-bond acceptors (Lipinski definition) is 4. The van der Waals surface area contributed by atoms with Crippen molar-refractivity contribution in [3.63, 3.8) is 0 Å². The van der Waals surface area contributed by atoms with Crippen LogP contribution in [-0.4, -0.2) is 11.6 Å². The molecule has 0 saturated carbocycles. The van der Waals surface area contributed by atoms with Crippen LogP contribution in [0.15, 0.2) is 11.7 Å². The molecule has 0 amide bonds. The van der Waals surface area contributed by atoms with Gasteiger partial charge in [0.2, 0.25) is 0 Å². The van der Waals surface area contributed by atoms with Gasteiger partial charge in [0.1, 0.15) is 0 Å². The molecule has 0 aliphatic rings. The van der Waals surface area contributed by atoms with Crippen molar-refractivity contribution >= 4 is 11.3 Å². The molecular weight excluding hydrogens is 172 g/mol. The van der Waals surface area contributed by atoms with E-state index < -0.39 is 0 Å². The summed E-state index contributed by atoms with van der Waals surface area (Å²) in [5, 5.41) is 0. The third kappa shape index (κ3) is 3.80. The average molecular weight is 186 g/mol. The quantitative estimate of drug-likeness (QED) is 0.562. The van der Waals surface area contributed by atoms with Gasteiger partial charge in [-0.3, -0.25) is 4.98 Å². The molecule has 3 nitrogen and oxygen atoms in total. The van der Waals surface area contributed by atoms with E-state index in [4.69, 9.17) is 4.84 Å². The Morgan fingerprint density at radius 1 is 1.67 bits per heavy atom. The van der Waals surface area contributed by atoms with Crippen molar-refractivity contribution in [3.05, 3.63) is 16.6 Å². The lowest BCUT2D eigenvalue weighted by molar-refractivity contribution is 0.0201. The zero-order valence-electron chi connectivity index (χ0n) is 7.41. The van der Waals surface area contributed by atoms with E-state index in [0.29, 0.717) is 5.92 Å². The summed E-state index contributed by atoms with van der Waals surface area (Å²) in [7, 11) is 0. The first-order chi connectivity index (χ1) is 5.79. The minimum atomic E-state index is 0.568. The summed E-state index contributed by atoms with van der Waals surface area (Å²) in [6.45, 7) is 5.74. The molecule has 0 aliphatic heterocycles. The number of hydrogen-bond donors (Lipinski definition) is 1. The second-order valence-electron chi connectivity index (χ2n) is 2.99. The summed E-state index contributed by atoms with van der Waals surface area (Å²) in [5.74, 6) is 0.568. The first-order valence-corrected chi connectivity index (χ1v) is 4.89. The molecule has 0 aliphatic carbocycles. The van der Waals surface area contributed by atoms with Crippen LogP contribution in [-0.2, 0) is 11.4 Å². The molecule has 1 aromatic rings. The SMILES string of the molecule is CC(C)CONCc1cncs1. The summed E-state index contributed by atoms with van der Waals surface area (Å²) in [6.07, 6.45) is 1.84. The number of aromatic nitrogens is 1. The lowest BCUT2D eigenvalue weighted by atomic mass is 10.2. The Morgan fingerprint density at radius 3 is 3.08 bits per heavy atom. The lowest BCUT2D eigenvalue weighted by Gasteiger charge is -2.05. The normalized spacial score (nSPS) is 10.9. The summed E-state index contributed by atoms with van der Waals surface area (Å²) in [5.41, 5.74) is 4.71. The molecule has 12 heavy (non-hydrogen) atoms. The highest BCUT2D eigenvalue weighted by Crippen LogP contribution is 2.03. The van der Waals surface area contributed by atoms with Crippen LogP contribution in [0.25, 0.3) is 0 Å². The van der Waals surface area contributed by atoms with E-state index in [0.717, 1.165) is 13.2 Å². The van der Waals surface area contributed by atoms with Gasteiger partial charge in [-0.15, -0.1) is 11.3 Å². The van der Waals surface area contributed by atoms with E-state index in [2.05, 4.69) is 24.3 Å². The Kier molecular flexibility index (Phi) is 4.21. The minimum absolute atomic E-state index is 0.568. The van der Waals surface area contributed by atoms with Crippen molar-refractivity contribution in [2.24, 2.45) is 5.92 Å². The molecule has 0 unspecified atom stereocenters. The van der Waals surface area contributed by atoms with Crippen molar-refractivity contribution in [1.82, 2.24) is 10.5 Å². The van der Waals surface area contributed by atoms with Gasteiger partial charge in [0.15, 0.2) is 0 Å². The highest BCUT2D eigenvalue weighted by molar-refractivity contribution is 7.09. The second kappa shape index (κ2) is 5.24. The van der Waals surface area contributed by atoms with Crippen LogP contribution in [0.2, 0.25) is 0 Å². The van der Waals surface area contributed by atoms with Crippen LogP contribution in [0.5, 0.6) is 0 Å². The van der Waals surface area contributed by atoms with Gasteiger partial charge in [0.05, 0.1) is 18.7 Å². The van der Waals surface area contributed by atoms with Crippen molar-refractivity contribution in [2.45, 2.75) is 20.4 Å². The standard InChI is InChI=1S/C8H14N2OS/c1-7(2)5-11-10-4-8-3-9-6-12-8/h3,6-7,10H,4-5H2,1-2H3. The van der Waals surface area contributed by atoms with Gasteiger partial charge >= 0.3 is 0 Å². The molecule has 0 aromatic carbocycles. The van der Waals surface area contributed by atoms with E-state index in [1.165, 1.54) is 4.88 Å². The minimum Gasteiger partial charge on any atom is -0.301 e. The van der Waals surface area contributed by atoms with Crippen LogP contribution >= 0.6 is 11.3 Å². The van der Waals surface area contributed by atoms with E-state index in [1.807, 2.05) is 11.7 Å². The van der Waals surface area contributed by atoms with E-state index in [-0.39, 0.29) is 0 Å². The molecule has 1 rings (SSSR count). The zero-order valence-corrected chi connectivity index (χ0v) is 8.23. The molecule has 1 heterocycles. The molecule has 0 saturated heterocycles. The van der Waals surface area contributed by atoms with Crippen molar-refractivity contribution < 1.29 is 4.84 Å². The summed E-state index contributed by atoms with van der Waals surface area (Å²) < 4.78 is 0. The summed E-state index contributed by atoms with van der Waals surface area (Å²) in [6, 6.07) is 0. The van der Waals surface area contributed by atoms with Gasteiger partial charge in [0, 0.05) is 11.1 Å². The lowest BCUT2D eigenvalue weighted by Crippen LogP contribution is -2.16. The smallest absolute Gasteiger partial charge is 0.0794 e. The Labute approximate surface area is 76.7 Å². The van der Waals surface area contributed by atoms with E-state index in [1.54, 1.807) is 11.3 Å². The molecule has 0 spiro atoms. The van der Waals surface area contributed by atoms with Crippen molar-refractivity contribution in [3.8, 4) is 0 Å². The molecule has 0 atom stereocenters. The number of thiazole rings is 1. The Bertz CT molecular complexity index is 199. The van der Waals surface area contributed by atoms with Crippen molar-refractivity contribution in [1.29, 1.82) is 0 Å². The topological polar surface area (TPSA) is 34.1 Å². The van der Waals surface area contributed by atoms with Gasteiger partial charge in [-0.05, 0) is 5.92 Å². The highest BCUT2D eigenvalue weighted by Gasteiger charge is 1.95. The third-order valence-corrected chi connectivity index (χ3v) is 2.03. The average Bonchev–Trinajstić information content (AvgIpc) is 2.49. The monoisotopic (exact) mass is 186 g/mol. The van der Waals surface area contributed by atoms with Crippen LogP contribution in [0.1, 0.15) is 18.7 Å². The number of hydroxylamine groups is 1. The molecular formula is C8H14N2OS. The molecule has 0 bridgehead atoms. The fourth-order valence-electron chi connectivity index (χ4n) is 0.677. The van der Waals surface area contributed by atoms with Gasteiger partial charge < -0.3 is 4.84 Å². The maximum atomic E-state index is 5.20. The molecule has 1 aromatic heterocycles. The first kappa shape index (κ1) is 9.64. The summed E-state index contributed by atoms with van der Waals surface area (Å²) >= 11 is 1.63. The van der Waals surface area contributed by atoms with Gasteiger partial charge in [-0.1, -0.05) is 13.8 Å². The van der Waals surface area contributed by atoms with Crippen molar-refractivity contribution in [2.75, 3.05) is 6.61 Å². The number of nitrogens with one attached hydrogen (secondary N) is 1. The van der Waals surface area contributed by atoms with Gasteiger partial charge in [0.25, 0.3) is 0 Å². The van der Waals surface area contributed by atoms with Crippen LogP contribution in [0, 0.1) is 5.92 Å². The molecule has 4 heteroatoms. The predicted molar refractivity (Wildman–Crippen MR) is 49.7 cm³/mol. The predicted octanol–water partition coefficient (Wildman–Crippen LogP) is 1.82. The van der Waals surface area contributed by atoms with Gasteiger partial charge in [-0.2, -0.15) is 5.48 Å². The Morgan fingerprint density at radius 2 is 2.50 bits per heavy atom. The maximum Gasteiger partial charge on any atom is 0.0794 e. The van der Waals surface area contributed by atoms with Crippen LogP contribution in [0.3, 0.4) is 0 Å². The van der Waals surface area contributed by atoms with E-state index >= 15 is 0 Å². The van der Waals surface area contributed by atoms with Gasteiger partial charge in [-0.25, -0.2) is 0 Å². The van der Waals surface area contributed by atoms with Crippen LogP contribution < -0.4 is 5.48 Å². The third-order valence-electron chi connectivity index (χ3n) is 1.25. The summed E-state index contributed by atoms with van der Waals surface area (Å²) in [4.78, 5) is 10.3. The molecule has 1 N–H and O–H groups in total. The number of rotatable bonds is 5. The van der Waals surface area contributed by atoms with E-state index in [9.17, 15) is 0 Å². The highest BCUT2D eigenvalue weighted by atomic mass is 32.1. The molecule has 68 valence electrons. The largest absolute Gasteiger partial charge is 0.301 e. The Hall–Kier alpha value is -0.450. The zero-order chi connectivity index (χ0) is 8.81. The molecule has 0 fully saturated rings. The second-order valence-corrected chi connectivity index (χ2v) is 3.96. The maximum absolute atomic E-state index is 5.20. The fourth-order valence-corrected chi connectivity index (χ4v) is 1.20. The molecule has 0 radical (unpaired) electrons. The van der Waals surface area contributed by atoms with Crippen LogP contribution in [0.4, 0.5) is 0 Å². The fraction of sp³-hybridized carbons (Fsp3) is 0.625. The first-order valence-electron chi connectivity index (χ1n) is 4.01. The number of nitrogens with zero attached hydrogens (tertiary/aromatic N) is 1. The Balaban J connectivity index is 2.04.